The van der Waals surface area contributed by atoms with Crippen LogP contribution >= 0.6 is 27.7 Å². The van der Waals surface area contributed by atoms with Gasteiger partial charge in [0.1, 0.15) is 4.60 Å². The van der Waals surface area contributed by atoms with Crippen LogP contribution in [0.15, 0.2) is 27.8 Å². The van der Waals surface area contributed by atoms with Gasteiger partial charge in [-0.15, -0.1) is 11.8 Å². The van der Waals surface area contributed by atoms with Gasteiger partial charge in [0.2, 0.25) is 0 Å². The number of hydrogen-bond acceptors (Lipinski definition) is 3. The molecule has 0 saturated carbocycles. The van der Waals surface area contributed by atoms with E-state index in [0.717, 1.165) is 15.5 Å². The van der Waals surface area contributed by atoms with Crippen LogP contribution in [-0.2, 0) is 0 Å². The first-order chi connectivity index (χ1) is 7.34. The Labute approximate surface area is 103 Å². The Morgan fingerprint density at radius 1 is 1.53 bits per heavy atom. The van der Waals surface area contributed by atoms with E-state index in [0.29, 0.717) is 0 Å². The molecule has 1 aliphatic rings. The van der Waals surface area contributed by atoms with Crippen LogP contribution in [-0.4, -0.2) is 23.8 Å². The fourth-order valence-electron chi connectivity index (χ4n) is 1.74. The van der Waals surface area contributed by atoms with Crippen molar-refractivity contribution in [1.29, 1.82) is 0 Å². The summed E-state index contributed by atoms with van der Waals surface area (Å²) < 4.78 is 0.925. The third-order valence-electron chi connectivity index (χ3n) is 2.56. The minimum atomic E-state index is 0.810. The molecule has 1 aromatic rings. The van der Waals surface area contributed by atoms with Crippen molar-refractivity contribution < 1.29 is 0 Å². The van der Waals surface area contributed by atoms with Crippen LogP contribution in [0.5, 0.6) is 0 Å². The predicted molar refractivity (Wildman–Crippen MR) is 68.3 cm³/mol. The highest BCUT2D eigenvalue weighted by Crippen LogP contribution is 2.23. The average molecular weight is 287 g/mol. The van der Waals surface area contributed by atoms with Crippen LogP contribution in [0.1, 0.15) is 12.8 Å². The van der Waals surface area contributed by atoms with E-state index in [1.807, 2.05) is 23.9 Å². The molecule has 4 heteroatoms. The van der Waals surface area contributed by atoms with E-state index >= 15 is 0 Å². The fraction of sp³-hybridized carbons (Fsp3) is 0.545. The van der Waals surface area contributed by atoms with E-state index in [-0.39, 0.29) is 0 Å². The number of nitrogens with one attached hydrogen (secondary N) is 1. The molecule has 2 heterocycles. The molecule has 2 nitrogen and oxygen atoms in total. The lowest BCUT2D eigenvalue weighted by Gasteiger charge is -2.21. The number of thioether (sulfide) groups is 1. The van der Waals surface area contributed by atoms with Gasteiger partial charge in [-0.25, -0.2) is 4.98 Å². The van der Waals surface area contributed by atoms with Gasteiger partial charge in [-0.2, -0.15) is 0 Å². The zero-order valence-electron chi connectivity index (χ0n) is 8.58. The Balaban J connectivity index is 1.81. The van der Waals surface area contributed by atoms with Gasteiger partial charge in [0.15, 0.2) is 0 Å². The molecule has 0 spiro atoms. The Bertz CT molecular complexity index is 313. The molecule has 1 fully saturated rings. The summed E-state index contributed by atoms with van der Waals surface area (Å²) in [5.74, 6) is 1.99. The molecule has 1 aliphatic heterocycles. The lowest BCUT2D eigenvalue weighted by molar-refractivity contribution is 0.410. The van der Waals surface area contributed by atoms with E-state index in [1.165, 1.54) is 31.7 Å². The SMILES string of the molecule is Brc1cccc(SC[C@@H]2CCCNC2)n1. The van der Waals surface area contributed by atoms with Crippen LogP contribution in [0, 0.1) is 5.92 Å². The molecular weight excluding hydrogens is 272 g/mol. The summed E-state index contributed by atoms with van der Waals surface area (Å²) in [6, 6.07) is 6.08. The van der Waals surface area contributed by atoms with Gasteiger partial charge in [0.25, 0.3) is 0 Å². The van der Waals surface area contributed by atoms with Crippen molar-refractivity contribution in [2.75, 3.05) is 18.8 Å². The van der Waals surface area contributed by atoms with E-state index in [1.54, 1.807) is 0 Å². The van der Waals surface area contributed by atoms with E-state index in [4.69, 9.17) is 0 Å². The van der Waals surface area contributed by atoms with Gasteiger partial charge < -0.3 is 5.32 Å². The number of rotatable bonds is 3. The highest BCUT2D eigenvalue weighted by Gasteiger charge is 2.13. The minimum absolute atomic E-state index is 0.810. The normalized spacial score (nSPS) is 21.5. The molecular formula is C11H15BrN2S. The topological polar surface area (TPSA) is 24.9 Å². The number of pyridine rings is 1. The molecule has 0 bridgehead atoms. The van der Waals surface area contributed by atoms with Crippen molar-refractivity contribution in [3.05, 3.63) is 22.8 Å². The first kappa shape index (κ1) is 11.4. The molecule has 2 rings (SSSR count). The average Bonchev–Trinajstić information content (AvgIpc) is 2.28. The summed E-state index contributed by atoms with van der Waals surface area (Å²) in [6.45, 7) is 2.36. The predicted octanol–water partition coefficient (Wildman–Crippen LogP) is 2.94. The third-order valence-corrected chi connectivity index (χ3v) is 4.16. The quantitative estimate of drug-likeness (QED) is 0.683. The van der Waals surface area contributed by atoms with Crippen molar-refractivity contribution in [2.24, 2.45) is 5.92 Å². The Morgan fingerprint density at radius 2 is 2.47 bits per heavy atom. The van der Waals surface area contributed by atoms with E-state index in [9.17, 15) is 0 Å². The monoisotopic (exact) mass is 286 g/mol. The second-order valence-corrected chi connectivity index (χ2v) is 5.67. The molecule has 0 aromatic carbocycles. The number of nitrogens with zero attached hydrogens (tertiary/aromatic N) is 1. The second-order valence-electron chi connectivity index (χ2n) is 3.82. The molecule has 15 heavy (non-hydrogen) atoms. The van der Waals surface area contributed by atoms with Crippen LogP contribution in [0.2, 0.25) is 0 Å². The highest BCUT2D eigenvalue weighted by atomic mass is 79.9. The molecule has 1 aromatic heterocycles. The largest absolute Gasteiger partial charge is 0.316 e. The Hall–Kier alpha value is -0.0600. The summed E-state index contributed by atoms with van der Waals surface area (Å²) in [5, 5.41) is 4.56. The van der Waals surface area contributed by atoms with Crippen LogP contribution in [0.3, 0.4) is 0 Å². The van der Waals surface area contributed by atoms with Crippen molar-refractivity contribution in [2.45, 2.75) is 17.9 Å². The number of hydrogen-bond donors (Lipinski definition) is 1. The number of piperidine rings is 1. The molecule has 0 unspecified atom stereocenters. The molecule has 0 aliphatic carbocycles. The van der Waals surface area contributed by atoms with Gasteiger partial charge in [-0.3, -0.25) is 0 Å². The van der Waals surface area contributed by atoms with E-state index < -0.39 is 0 Å². The maximum Gasteiger partial charge on any atom is 0.107 e. The molecule has 82 valence electrons. The molecule has 0 radical (unpaired) electrons. The number of halogens is 1. The highest BCUT2D eigenvalue weighted by molar-refractivity contribution is 9.10. The third kappa shape index (κ3) is 3.78. The lowest BCUT2D eigenvalue weighted by atomic mass is 10.0. The smallest absolute Gasteiger partial charge is 0.107 e. The molecule has 1 saturated heterocycles. The first-order valence-electron chi connectivity index (χ1n) is 5.30. The Kier molecular flexibility index (Phi) is 4.47. The first-order valence-corrected chi connectivity index (χ1v) is 7.08. The molecule has 1 atom stereocenters. The Morgan fingerprint density at radius 3 is 3.20 bits per heavy atom. The maximum atomic E-state index is 4.42. The zero-order chi connectivity index (χ0) is 10.5. The van der Waals surface area contributed by atoms with Crippen molar-refractivity contribution in [1.82, 2.24) is 10.3 Å². The molecule has 0 amide bonds. The van der Waals surface area contributed by atoms with Crippen molar-refractivity contribution >= 4 is 27.7 Å². The van der Waals surface area contributed by atoms with Gasteiger partial charge >= 0.3 is 0 Å². The van der Waals surface area contributed by atoms with Gasteiger partial charge in [-0.1, -0.05) is 6.07 Å². The standard InChI is InChI=1S/C11H15BrN2S/c12-10-4-1-5-11(14-10)15-8-9-3-2-6-13-7-9/h1,4-5,9,13H,2-3,6-8H2/t9-/m1/s1. The second kappa shape index (κ2) is 5.87. The van der Waals surface area contributed by atoms with E-state index in [2.05, 4.69) is 32.3 Å². The lowest BCUT2D eigenvalue weighted by Crippen LogP contribution is -2.30. The van der Waals surface area contributed by atoms with Crippen molar-refractivity contribution in [3.63, 3.8) is 0 Å². The van der Waals surface area contributed by atoms with Crippen LogP contribution in [0.25, 0.3) is 0 Å². The summed E-state index contributed by atoms with van der Waals surface area (Å²) in [7, 11) is 0. The summed E-state index contributed by atoms with van der Waals surface area (Å²) in [4.78, 5) is 4.42. The fourth-order valence-corrected chi connectivity index (χ4v) is 3.23. The van der Waals surface area contributed by atoms with Crippen LogP contribution < -0.4 is 5.32 Å². The minimum Gasteiger partial charge on any atom is -0.316 e. The van der Waals surface area contributed by atoms with Crippen molar-refractivity contribution in [3.8, 4) is 0 Å². The number of aromatic nitrogens is 1. The molecule has 1 N–H and O–H groups in total. The van der Waals surface area contributed by atoms with Gasteiger partial charge in [0, 0.05) is 5.75 Å². The summed E-state index contributed by atoms with van der Waals surface area (Å²) >= 11 is 5.25. The summed E-state index contributed by atoms with van der Waals surface area (Å²) in [5.41, 5.74) is 0. The van der Waals surface area contributed by atoms with Gasteiger partial charge in [-0.05, 0) is 59.9 Å². The van der Waals surface area contributed by atoms with Gasteiger partial charge in [0.05, 0.1) is 5.03 Å². The maximum absolute atomic E-state index is 4.42. The summed E-state index contributed by atoms with van der Waals surface area (Å²) in [6.07, 6.45) is 2.67. The zero-order valence-corrected chi connectivity index (χ0v) is 11.0. The van der Waals surface area contributed by atoms with Crippen LogP contribution in [0.4, 0.5) is 0 Å².